The Balaban J connectivity index is 2.28. The SMILES string of the molecule is CC(=O)c1cc(F)ccc1N(C)C1CCCCC1. The number of hydrogen-bond acceptors (Lipinski definition) is 2. The lowest BCUT2D eigenvalue weighted by Gasteiger charge is -2.34. The van der Waals surface area contributed by atoms with E-state index >= 15 is 0 Å². The molecule has 2 nitrogen and oxygen atoms in total. The van der Waals surface area contributed by atoms with Crippen molar-refractivity contribution in [2.75, 3.05) is 11.9 Å². The quantitative estimate of drug-likeness (QED) is 0.759. The van der Waals surface area contributed by atoms with Crippen LogP contribution in [0.5, 0.6) is 0 Å². The van der Waals surface area contributed by atoms with Gasteiger partial charge in [0.15, 0.2) is 5.78 Å². The second kappa shape index (κ2) is 5.51. The van der Waals surface area contributed by atoms with Crippen LogP contribution < -0.4 is 4.90 Å². The van der Waals surface area contributed by atoms with E-state index in [1.807, 2.05) is 7.05 Å². The Bertz CT molecular complexity index is 438. The fraction of sp³-hybridized carbons (Fsp3) is 0.533. The van der Waals surface area contributed by atoms with Gasteiger partial charge < -0.3 is 4.90 Å². The summed E-state index contributed by atoms with van der Waals surface area (Å²) in [5.41, 5.74) is 1.35. The van der Waals surface area contributed by atoms with Crippen LogP contribution in [0.2, 0.25) is 0 Å². The molecule has 0 aliphatic heterocycles. The van der Waals surface area contributed by atoms with Gasteiger partial charge >= 0.3 is 0 Å². The fourth-order valence-electron chi connectivity index (χ4n) is 2.76. The Kier molecular flexibility index (Phi) is 4.00. The molecule has 1 aromatic carbocycles. The maximum absolute atomic E-state index is 13.2. The lowest BCUT2D eigenvalue weighted by molar-refractivity contribution is 0.101. The standard InChI is InChI=1S/C15H20FNO/c1-11(18)14-10-12(16)8-9-15(14)17(2)13-6-4-3-5-7-13/h8-10,13H,3-7H2,1-2H3. The molecule has 0 bridgehead atoms. The molecule has 3 heteroatoms. The summed E-state index contributed by atoms with van der Waals surface area (Å²) in [5, 5.41) is 0. The van der Waals surface area contributed by atoms with Gasteiger partial charge in [0.25, 0.3) is 0 Å². The minimum atomic E-state index is -0.346. The fourth-order valence-corrected chi connectivity index (χ4v) is 2.76. The predicted octanol–water partition coefficient (Wildman–Crippen LogP) is 3.80. The number of halogens is 1. The van der Waals surface area contributed by atoms with Gasteiger partial charge in [-0.1, -0.05) is 19.3 Å². The first-order valence-electron chi connectivity index (χ1n) is 6.63. The zero-order valence-corrected chi connectivity index (χ0v) is 11.1. The molecule has 0 saturated heterocycles. The number of carbonyl (C=O) groups is 1. The molecule has 0 amide bonds. The van der Waals surface area contributed by atoms with E-state index in [1.54, 1.807) is 6.07 Å². The Morgan fingerprint density at radius 1 is 1.28 bits per heavy atom. The molecule has 1 saturated carbocycles. The molecular weight excluding hydrogens is 229 g/mol. The van der Waals surface area contributed by atoms with Crippen LogP contribution >= 0.6 is 0 Å². The summed E-state index contributed by atoms with van der Waals surface area (Å²) in [4.78, 5) is 13.8. The van der Waals surface area contributed by atoms with Gasteiger partial charge in [-0.3, -0.25) is 4.79 Å². The molecule has 0 atom stereocenters. The van der Waals surface area contributed by atoms with E-state index in [-0.39, 0.29) is 11.6 Å². The summed E-state index contributed by atoms with van der Waals surface area (Å²) in [5.74, 6) is -0.423. The van der Waals surface area contributed by atoms with E-state index in [4.69, 9.17) is 0 Å². The highest BCUT2D eigenvalue weighted by molar-refractivity contribution is 5.99. The first-order valence-corrected chi connectivity index (χ1v) is 6.63. The van der Waals surface area contributed by atoms with E-state index in [0.29, 0.717) is 11.6 Å². The molecule has 0 spiro atoms. The average molecular weight is 249 g/mol. The van der Waals surface area contributed by atoms with Crippen LogP contribution in [0.25, 0.3) is 0 Å². The van der Waals surface area contributed by atoms with Gasteiger partial charge in [0.2, 0.25) is 0 Å². The van der Waals surface area contributed by atoms with Crippen LogP contribution in [0, 0.1) is 5.82 Å². The van der Waals surface area contributed by atoms with Crippen LogP contribution in [0.15, 0.2) is 18.2 Å². The third-order valence-corrected chi connectivity index (χ3v) is 3.84. The molecule has 0 radical (unpaired) electrons. The van der Waals surface area contributed by atoms with Crippen molar-refractivity contribution in [2.45, 2.75) is 45.1 Å². The molecule has 0 N–H and O–H groups in total. The maximum atomic E-state index is 13.2. The summed E-state index contributed by atoms with van der Waals surface area (Å²) in [6.45, 7) is 1.49. The lowest BCUT2D eigenvalue weighted by Crippen LogP contribution is -2.34. The highest BCUT2D eigenvalue weighted by atomic mass is 19.1. The molecular formula is C15H20FNO. The number of anilines is 1. The highest BCUT2D eigenvalue weighted by Gasteiger charge is 2.21. The van der Waals surface area contributed by atoms with E-state index in [0.717, 1.165) is 18.5 Å². The normalized spacial score (nSPS) is 16.6. The van der Waals surface area contributed by atoms with Crippen molar-refractivity contribution in [3.05, 3.63) is 29.6 Å². The molecule has 98 valence electrons. The highest BCUT2D eigenvalue weighted by Crippen LogP contribution is 2.29. The topological polar surface area (TPSA) is 20.3 Å². The van der Waals surface area contributed by atoms with Crippen molar-refractivity contribution in [3.8, 4) is 0 Å². The van der Waals surface area contributed by atoms with Crippen molar-refractivity contribution in [3.63, 3.8) is 0 Å². The second-order valence-electron chi connectivity index (χ2n) is 5.12. The van der Waals surface area contributed by atoms with Gasteiger partial charge in [-0.25, -0.2) is 4.39 Å². The number of rotatable bonds is 3. The summed E-state index contributed by atoms with van der Waals surface area (Å²) in [6.07, 6.45) is 6.10. The number of benzene rings is 1. The van der Waals surface area contributed by atoms with Gasteiger partial charge in [-0.2, -0.15) is 0 Å². The summed E-state index contributed by atoms with van der Waals surface area (Å²) in [7, 11) is 2.01. The van der Waals surface area contributed by atoms with Crippen LogP contribution in [-0.2, 0) is 0 Å². The molecule has 1 fully saturated rings. The molecule has 0 unspecified atom stereocenters. The van der Waals surface area contributed by atoms with E-state index in [1.165, 1.54) is 38.3 Å². The monoisotopic (exact) mass is 249 g/mol. The number of carbonyl (C=O) groups excluding carboxylic acids is 1. The zero-order valence-electron chi connectivity index (χ0n) is 11.1. The van der Waals surface area contributed by atoms with Gasteiger partial charge in [0, 0.05) is 24.3 Å². The molecule has 1 aliphatic rings. The Hall–Kier alpha value is -1.38. The second-order valence-corrected chi connectivity index (χ2v) is 5.12. The molecule has 1 aliphatic carbocycles. The van der Waals surface area contributed by atoms with Crippen molar-refractivity contribution in [1.29, 1.82) is 0 Å². The van der Waals surface area contributed by atoms with Crippen molar-refractivity contribution < 1.29 is 9.18 Å². The molecule has 2 rings (SSSR count). The van der Waals surface area contributed by atoms with Gasteiger partial charge in [0.1, 0.15) is 5.82 Å². The van der Waals surface area contributed by atoms with Gasteiger partial charge in [-0.05, 0) is 38.0 Å². The lowest BCUT2D eigenvalue weighted by atomic mass is 9.93. The first-order chi connectivity index (χ1) is 8.59. The van der Waals surface area contributed by atoms with Crippen LogP contribution in [-0.4, -0.2) is 18.9 Å². The predicted molar refractivity (Wildman–Crippen MR) is 71.7 cm³/mol. The Labute approximate surface area is 108 Å². The van der Waals surface area contributed by atoms with Crippen molar-refractivity contribution in [1.82, 2.24) is 0 Å². The largest absolute Gasteiger partial charge is 0.371 e. The van der Waals surface area contributed by atoms with Crippen LogP contribution in [0.3, 0.4) is 0 Å². The summed E-state index contributed by atoms with van der Waals surface area (Å²) >= 11 is 0. The smallest absolute Gasteiger partial charge is 0.161 e. The average Bonchev–Trinajstić information content (AvgIpc) is 2.39. The minimum Gasteiger partial charge on any atom is -0.371 e. The van der Waals surface area contributed by atoms with Crippen LogP contribution in [0.4, 0.5) is 10.1 Å². The molecule has 1 aromatic rings. The molecule has 0 aromatic heterocycles. The number of nitrogens with zero attached hydrogens (tertiary/aromatic N) is 1. The maximum Gasteiger partial charge on any atom is 0.161 e. The van der Waals surface area contributed by atoms with E-state index in [9.17, 15) is 9.18 Å². The number of ketones is 1. The zero-order chi connectivity index (χ0) is 13.1. The number of hydrogen-bond donors (Lipinski definition) is 0. The summed E-state index contributed by atoms with van der Waals surface area (Å²) < 4.78 is 13.2. The minimum absolute atomic E-state index is 0.0767. The Morgan fingerprint density at radius 3 is 2.56 bits per heavy atom. The van der Waals surface area contributed by atoms with Crippen molar-refractivity contribution in [2.24, 2.45) is 0 Å². The third-order valence-electron chi connectivity index (χ3n) is 3.84. The molecule has 0 heterocycles. The van der Waals surface area contributed by atoms with Gasteiger partial charge in [0.05, 0.1) is 0 Å². The Morgan fingerprint density at radius 2 is 1.94 bits per heavy atom. The number of Topliss-reactive ketones (excluding diaryl/α,β-unsaturated/α-hetero) is 1. The van der Waals surface area contributed by atoms with Gasteiger partial charge in [-0.15, -0.1) is 0 Å². The van der Waals surface area contributed by atoms with E-state index < -0.39 is 0 Å². The van der Waals surface area contributed by atoms with Crippen molar-refractivity contribution >= 4 is 11.5 Å². The summed E-state index contributed by atoms with van der Waals surface area (Å²) in [6, 6.07) is 4.97. The third kappa shape index (κ3) is 2.71. The first kappa shape index (κ1) is 13.1. The molecule has 18 heavy (non-hydrogen) atoms. The van der Waals surface area contributed by atoms with E-state index in [2.05, 4.69) is 4.90 Å². The van der Waals surface area contributed by atoms with Crippen LogP contribution in [0.1, 0.15) is 49.4 Å².